The molecular weight excluding hydrogens is 298 g/mol. The third-order valence-electron chi connectivity index (χ3n) is 4.53. The molecule has 0 heterocycles. The number of amides is 1. The summed E-state index contributed by atoms with van der Waals surface area (Å²) in [6, 6.07) is 16.4. The van der Waals surface area contributed by atoms with Gasteiger partial charge in [0.05, 0.1) is 6.61 Å². The van der Waals surface area contributed by atoms with Crippen molar-refractivity contribution in [3.8, 4) is 0 Å². The number of rotatable bonds is 5. The van der Waals surface area contributed by atoms with Gasteiger partial charge in [0.15, 0.2) is 0 Å². The number of benzene rings is 2. The molecule has 1 aliphatic rings. The average Bonchev–Trinajstić information content (AvgIpc) is 2.63. The van der Waals surface area contributed by atoms with E-state index in [0.29, 0.717) is 6.42 Å². The maximum absolute atomic E-state index is 11.9. The minimum Gasteiger partial charge on any atom is -0.392 e. The molecule has 0 spiro atoms. The first-order valence-corrected chi connectivity index (χ1v) is 8.50. The molecule has 3 nitrogen and oxygen atoms in total. The Morgan fingerprint density at radius 3 is 2.58 bits per heavy atom. The van der Waals surface area contributed by atoms with Crippen molar-refractivity contribution in [3.63, 3.8) is 0 Å². The Morgan fingerprint density at radius 1 is 1.08 bits per heavy atom. The maximum atomic E-state index is 11.9. The Labute approximate surface area is 143 Å². The fraction of sp³-hybridized carbons (Fsp3) is 0.286. The van der Waals surface area contributed by atoms with Gasteiger partial charge in [0.2, 0.25) is 5.91 Å². The van der Waals surface area contributed by atoms with Crippen LogP contribution in [-0.2, 0) is 24.2 Å². The molecule has 3 rings (SSSR count). The summed E-state index contributed by atoms with van der Waals surface area (Å²) >= 11 is 0. The van der Waals surface area contributed by atoms with E-state index in [1.807, 2.05) is 31.2 Å². The van der Waals surface area contributed by atoms with Crippen LogP contribution in [0.4, 0.5) is 0 Å². The quantitative estimate of drug-likeness (QED) is 0.884. The number of aliphatic hydroxyl groups is 1. The monoisotopic (exact) mass is 321 g/mol. The van der Waals surface area contributed by atoms with Gasteiger partial charge in [-0.15, -0.1) is 0 Å². The first kappa shape index (κ1) is 16.5. The summed E-state index contributed by atoms with van der Waals surface area (Å²) in [7, 11) is 0. The van der Waals surface area contributed by atoms with Crippen molar-refractivity contribution in [1.82, 2.24) is 5.32 Å². The van der Waals surface area contributed by atoms with E-state index >= 15 is 0 Å². The molecule has 124 valence electrons. The minimum atomic E-state index is 0.0303. The standard InChI is InChI=1S/C21H23NO2/c1-2-21(24)22-20-11-10-17-9-8-16(14-23)13-18(17)19(20)12-15-6-4-3-5-7-15/h3-9,13,23H,2,10-12,14H2,1H3,(H,22,24). The Hall–Kier alpha value is -2.39. The molecule has 1 amide bonds. The largest absolute Gasteiger partial charge is 0.392 e. The lowest BCUT2D eigenvalue weighted by Crippen LogP contribution is -2.25. The van der Waals surface area contributed by atoms with Crippen molar-refractivity contribution in [1.29, 1.82) is 0 Å². The summed E-state index contributed by atoms with van der Waals surface area (Å²) in [6.07, 6.45) is 3.02. The number of fused-ring (bicyclic) bond motifs is 1. The predicted molar refractivity (Wildman–Crippen MR) is 96.2 cm³/mol. The van der Waals surface area contributed by atoms with Crippen molar-refractivity contribution in [2.45, 2.75) is 39.2 Å². The first-order valence-electron chi connectivity index (χ1n) is 8.50. The zero-order valence-electron chi connectivity index (χ0n) is 14.0. The van der Waals surface area contributed by atoms with Crippen molar-refractivity contribution in [2.24, 2.45) is 0 Å². The molecule has 0 fully saturated rings. The fourth-order valence-electron chi connectivity index (χ4n) is 3.19. The van der Waals surface area contributed by atoms with E-state index in [1.165, 1.54) is 16.7 Å². The number of hydrogen-bond donors (Lipinski definition) is 2. The van der Waals surface area contributed by atoms with Crippen LogP contribution in [-0.4, -0.2) is 11.0 Å². The van der Waals surface area contributed by atoms with Gasteiger partial charge >= 0.3 is 0 Å². The lowest BCUT2D eigenvalue weighted by Gasteiger charge is -2.25. The molecule has 0 bridgehead atoms. The van der Waals surface area contributed by atoms with E-state index < -0.39 is 0 Å². The maximum Gasteiger partial charge on any atom is 0.223 e. The molecule has 2 N–H and O–H groups in total. The predicted octanol–water partition coefficient (Wildman–Crippen LogP) is 3.61. The number of carbonyl (C=O) groups excluding carboxylic acids is 1. The van der Waals surface area contributed by atoms with Gasteiger partial charge in [-0.3, -0.25) is 4.79 Å². The summed E-state index contributed by atoms with van der Waals surface area (Å²) in [4.78, 5) is 11.9. The summed E-state index contributed by atoms with van der Waals surface area (Å²) in [5, 5.41) is 12.6. The molecule has 3 heteroatoms. The minimum absolute atomic E-state index is 0.0303. The zero-order valence-corrected chi connectivity index (χ0v) is 14.0. The summed E-state index contributed by atoms with van der Waals surface area (Å²) in [5.74, 6) is 0.0531. The van der Waals surface area contributed by atoms with E-state index in [0.717, 1.165) is 36.1 Å². The molecule has 2 aromatic rings. The van der Waals surface area contributed by atoms with Crippen molar-refractivity contribution >= 4 is 11.5 Å². The molecule has 0 radical (unpaired) electrons. The van der Waals surface area contributed by atoms with Crippen LogP contribution in [0, 0.1) is 0 Å². The molecule has 0 aromatic heterocycles. The van der Waals surface area contributed by atoms with E-state index in [2.05, 4.69) is 29.6 Å². The van der Waals surface area contributed by atoms with Gasteiger partial charge in [0, 0.05) is 12.1 Å². The Bertz CT molecular complexity index is 763. The number of hydrogen-bond acceptors (Lipinski definition) is 2. The third-order valence-corrected chi connectivity index (χ3v) is 4.53. The second-order valence-corrected chi connectivity index (χ2v) is 6.17. The molecule has 1 aliphatic carbocycles. The van der Waals surface area contributed by atoms with Crippen molar-refractivity contribution < 1.29 is 9.90 Å². The van der Waals surface area contributed by atoms with Crippen LogP contribution >= 0.6 is 0 Å². The highest BCUT2D eigenvalue weighted by molar-refractivity contribution is 5.83. The van der Waals surface area contributed by atoms with Gasteiger partial charge in [-0.2, -0.15) is 0 Å². The van der Waals surface area contributed by atoms with Crippen LogP contribution in [0.25, 0.3) is 5.57 Å². The van der Waals surface area contributed by atoms with Crippen LogP contribution in [0.3, 0.4) is 0 Å². The summed E-state index contributed by atoms with van der Waals surface area (Å²) in [6.45, 7) is 1.90. The van der Waals surface area contributed by atoms with Gasteiger partial charge in [-0.05, 0) is 53.2 Å². The molecular formula is C21H23NO2. The molecule has 2 aromatic carbocycles. The second kappa shape index (κ2) is 7.45. The lowest BCUT2D eigenvalue weighted by atomic mass is 9.84. The van der Waals surface area contributed by atoms with Crippen molar-refractivity contribution in [2.75, 3.05) is 0 Å². The van der Waals surface area contributed by atoms with Crippen LogP contribution in [0.15, 0.2) is 54.2 Å². The highest BCUT2D eigenvalue weighted by atomic mass is 16.3. The highest BCUT2D eigenvalue weighted by Gasteiger charge is 2.20. The molecule has 0 unspecified atom stereocenters. The molecule has 0 aliphatic heterocycles. The summed E-state index contributed by atoms with van der Waals surface area (Å²) < 4.78 is 0. The molecule has 0 saturated carbocycles. The van der Waals surface area contributed by atoms with Crippen LogP contribution in [0.1, 0.15) is 42.0 Å². The molecule has 24 heavy (non-hydrogen) atoms. The number of aryl methyl sites for hydroxylation is 1. The van der Waals surface area contributed by atoms with E-state index in [9.17, 15) is 9.90 Å². The van der Waals surface area contributed by atoms with Crippen molar-refractivity contribution in [3.05, 3.63) is 76.5 Å². The Kier molecular flexibility index (Phi) is 5.11. The van der Waals surface area contributed by atoms with Crippen LogP contribution in [0.5, 0.6) is 0 Å². The Balaban J connectivity index is 2.05. The Morgan fingerprint density at radius 2 is 1.88 bits per heavy atom. The number of aliphatic hydroxyl groups excluding tert-OH is 1. The SMILES string of the molecule is CCC(=O)NC1=C(Cc2ccccc2)c2cc(CO)ccc2CC1. The first-order chi connectivity index (χ1) is 11.7. The fourth-order valence-corrected chi connectivity index (χ4v) is 3.19. The van der Waals surface area contributed by atoms with Gasteiger partial charge in [-0.25, -0.2) is 0 Å². The number of carbonyl (C=O) groups is 1. The van der Waals surface area contributed by atoms with E-state index in [-0.39, 0.29) is 12.5 Å². The third kappa shape index (κ3) is 3.57. The molecule has 0 atom stereocenters. The number of allylic oxidation sites excluding steroid dienone is 2. The number of nitrogens with one attached hydrogen (secondary N) is 1. The summed E-state index contributed by atoms with van der Waals surface area (Å²) in [5.41, 5.74) is 6.75. The zero-order chi connectivity index (χ0) is 16.9. The van der Waals surface area contributed by atoms with E-state index in [4.69, 9.17) is 0 Å². The second-order valence-electron chi connectivity index (χ2n) is 6.17. The smallest absolute Gasteiger partial charge is 0.223 e. The normalized spacial score (nSPS) is 13.6. The van der Waals surface area contributed by atoms with Crippen LogP contribution < -0.4 is 5.32 Å². The lowest BCUT2D eigenvalue weighted by molar-refractivity contribution is -0.120. The van der Waals surface area contributed by atoms with E-state index in [1.54, 1.807) is 0 Å². The molecule has 0 saturated heterocycles. The van der Waals surface area contributed by atoms with Gasteiger partial charge < -0.3 is 10.4 Å². The van der Waals surface area contributed by atoms with Gasteiger partial charge in [-0.1, -0.05) is 49.4 Å². The highest BCUT2D eigenvalue weighted by Crippen LogP contribution is 2.33. The average molecular weight is 321 g/mol. The van der Waals surface area contributed by atoms with Gasteiger partial charge in [0.1, 0.15) is 0 Å². The van der Waals surface area contributed by atoms with Crippen LogP contribution in [0.2, 0.25) is 0 Å². The topological polar surface area (TPSA) is 49.3 Å². The van der Waals surface area contributed by atoms with Gasteiger partial charge in [0.25, 0.3) is 0 Å².